The summed E-state index contributed by atoms with van der Waals surface area (Å²) in [6.45, 7) is 0.568. The molecule has 0 saturated carbocycles. The van der Waals surface area contributed by atoms with E-state index in [0.29, 0.717) is 17.4 Å². The van der Waals surface area contributed by atoms with Gasteiger partial charge >= 0.3 is 0 Å². The summed E-state index contributed by atoms with van der Waals surface area (Å²) in [5.41, 5.74) is 3.06. The SMILES string of the molecule is CN(Cc1cn(-c2ccccc2)nc1-c1cccs1)C(=O)CCn1nnc2ccccc2c1=O. The molecule has 0 atom stereocenters. The van der Waals surface area contributed by atoms with Crippen molar-refractivity contribution in [1.82, 2.24) is 29.7 Å². The fraction of sp³-hybridized carbons (Fsp3) is 0.160. The molecule has 0 unspecified atom stereocenters. The van der Waals surface area contributed by atoms with Crippen LogP contribution in [0.1, 0.15) is 12.0 Å². The molecular weight excluding hydrogens is 448 g/mol. The van der Waals surface area contributed by atoms with Crippen LogP contribution in [0.5, 0.6) is 0 Å². The lowest BCUT2D eigenvalue weighted by Gasteiger charge is -2.17. The van der Waals surface area contributed by atoms with E-state index in [-0.39, 0.29) is 24.4 Å². The lowest BCUT2D eigenvalue weighted by Crippen LogP contribution is -2.30. The van der Waals surface area contributed by atoms with Crippen LogP contribution in [0.15, 0.2) is 83.1 Å². The van der Waals surface area contributed by atoms with Crippen molar-refractivity contribution >= 4 is 28.1 Å². The number of aryl methyl sites for hydroxylation is 1. The lowest BCUT2D eigenvalue weighted by molar-refractivity contribution is -0.130. The van der Waals surface area contributed by atoms with E-state index in [9.17, 15) is 9.59 Å². The van der Waals surface area contributed by atoms with Crippen LogP contribution in [0.3, 0.4) is 0 Å². The summed E-state index contributed by atoms with van der Waals surface area (Å²) >= 11 is 1.61. The number of nitrogens with zero attached hydrogens (tertiary/aromatic N) is 6. The number of carbonyl (C=O) groups is 1. The Morgan fingerprint density at radius 3 is 2.62 bits per heavy atom. The van der Waals surface area contributed by atoms with Gasteiger partial charge in [0.15, 0.2) is 0 Å². The minimum atomic E-state index is -0.245. The number of para-hydroxylation sites is 1. The Kier molecular flexibility index (Phi) is 6.01. The summed E-state index contributed by atoms with van der Waals surface area (Å²) in [4.78, 5) is 28.2. The molecule has 0 saturated heterocycles. The van der Waals surface area contributed by atoms with Gasteiger partial charge in [0.25, 0.3) is 5.56 Å². The number of benzene rings is 2. The van der Waals surface area contributed by atoms with E-state index in [1.54, 1.807) is 41.5 Å². The molecule has 3 aromatic heterocycles. The Balaban J connectivity index is 1.33. The van der Waals surface area contributed by atoms with Crippen LogP contribution in [0.25, 0.3) is 27.2 Å². The second-order valence-electron chi connectivity index (χ2n) is 7.90. The molecule has 170 valence electrons. The summed E-state index contributed by atoms with van der Waals surface area (Å²) in [5.74, 6) is -0.0913. The third kappa shape index (κ3) is 4.38. The molecule has 0 aliphatic heterocycles. The number of hydrogen-bond donors (Lipinski definition) is 0. The number of thiophene rings is 1. The van der Waals surface area contributed by atoms with Crippen LogP contribution >= 0.6 is 11.3 Å². The van der Waals surface area contributed by atoms with E-state index in [2.05, 4.69) is 10.3 Å². The van der Waals surface area contributed by atoms with Crippen molar-refractivity contribution < 1.29 is 4.79 Å². The average molecular weight is 471 g/mol. The zero-order valence-electron chi connectivity index (χ0n) is 18.5. The van der Waals surface area contributed by atoms with Crippen LogP contribution in [0, 0.1) is 0 Å². The highest BCUT2D eigenvalue weighted by Gasteiger charge is 2.18. The first-order chi connectivity index (χ1) is 16.6. The molecule has 5 rings (SSSR count). The molecule has 34 heavy (non-hydrogen) atoms. The Labute approximate surface area is 199 Å². The second kappa shape index (κ2) is 9.40. The van der Waals surface area contributed by atoms with Crippen molar-refractivity contribution in [2.45, 2.75) is 19.5 Å². The van der Waals surface area contributed by atoms with Gasteiger partial charge in [0.05, 0.1) is 22.5 Å². The normalized spacial score (nSPS) is 11.1. The third-order valence-electron chi connectivity index (χ3n) is 5.57. The fourth-order valence-electron chi connectivity index (χ4n) is 3.76. The predicted octanol–water partition coefficient (Wildman–Crippen LogP) is 3.75. The van der Waals surface area contributed by atoms with E-state index < -0.39 is 0 Å². The van der Waals surface area contributed by atoms with E-state index in [0.717, 1.165) is 21.8 Å². The maximum atomic E-state index is 12.9. The van der Waals surface area contributed by atoms with Gasteiger partial charge in [0.1, 0.15) is 11.2 Å². The van der Waals surface area contributed by atoms with E-state index in [4.69, 9.17) is 5.10 Å². The van der Waals surface area contributed by atoms with Gasteiger partial charge in [-0.2, -0.15) is 5.10 Å². The highest BCUT2D eigenvalue weighted by Crippen LogP contribution is 2.28. The zero-order chi connectivity index (χ0) is 23.5. The van der Waals surface area contributed by atoms with Gasteiger partial charge in [-0.1, -0.05) is 41.6 Å². The monoisotopic (exact) mass is 470 g/mol. The minimum Gasteiger partial charge on any atom is -0.341 e. The number of fused-ring (bicyclic) bond motifs is 1. The first-order valence-electron chi connectivity index (χ1n) is 10.8. The highest BCUT2D eigenvalue weighted by atomic mass is 32.1. The maximum Gasteiger partial charge on any atom is 0.277 e. The molecule has 0 spiro atoms. The molecule has 5 aromatic rings. The van der Waals surface area contributed by atoms with Gasteiger partial charge in [0.2, 0.25) is 5.91 Å². The van der Waals surface area contributed by atoms with Gasteiger partial charge in [-0.15, -0.1) is 16.4 Å². The maximum absolute atomic E-state index is 12.9. The Morgan fingerprint density at radius 2 is 1.82 bits per heavy atom. The van der Waals surface area contributed by atoms with Crippen molar-refractivity contribution in [3.05, 3.63) is 94.2 Å². The van der Waals surface area contributed by atoms with Crippen molar-refractivity contribution in [3.63, 3.8) is 0 Å². The minimum absolute atomic E-state index is 0.0913. The number of rotatable bonds is 7. The van der Waals surface area contributed by atoms with Crippen molar-refractivity contribution in [2.75, 3.05) is 7.05 Å². The van der Waals surface area contributed by atoms with E-state index >= 15 is 0 Å². The van der Waals surface area contributed by atoms with Crippen LogP contribution in [-0.4, -0.2) is 42.6 Å². The summed E-state index contributed by atoms with van der Waals surface area (Å²) in [6.07, 6.45) is 2.11. The van der Waals surface area contributed by atoms with Gasteiger partial charge < -0.3 is 4.90 Å². The van der Waals surface area contributed by atoms with Crippen molar-refractivity contribution in [1.29, 1.82) is 0 Å². The van der Waals surface area contributed by atoms with Gasteiger partial charge in [-0.3, -0.25) is 9.59 Å². The Hall–Kier alpha value is -4.11. The lowest BCUT2D eigenvalue weighted by atomic mass is 10.2. The first-order valence-corrected chi connectivity index (χ1v) is 11.7. The number of amides is 1. The van der Waals surface area contributed by atoms with Crippen molar-refractivity contribution in [2.24, 2.45) is 0 Å². The molecule has 0 radical (unpaired) electrons. The predicted molar refractivity (Wildman–Crippen MR) is 132 cm³/mol. The molecule has 9 heteroatoms. The highest BCUT2D eigenvalue weighted by molar-refractivity contribution is 7.13. The summed E-state index contributed by atoms with van der Waals surface area (Å²) < 4.78 is 3.09. The third-order valence-corrected chi connectivity index (χ3v) is 6.44. The van der Waals surface area contributed by atoms with E-state index in [1.165, 1.54) is 4.68 Å². The zero-order valence-corrected chi connectivity index (χ0v) is 19.4. The number of aromatic nitrogens is 5. The summed E-state index contributed by atoms with van der Waals surface area (Å²) in [6, 6.07) is 21.0. The topological polar surface area (TPSA) is 85.9 Å². The molecule has 8 nitrogen and oxygen atoms in total. The van der Waals surface area contributed by atoms with Gasteiger partial charge in [-0.05, 0) is 35.7 Å². The molecule has 1 amide bonds. The largest absolute Gasteiger partial charge is 0.341 e. The number of hydrogen-bond acceptors (Lipinski definition) is 6. The molecule has 0 bridgehead atoms. The first kappa shape index (κ1) is 21.7. The molecule has 2 aromatic carbocycles. The molecule has 0 fully saturated rings. The molecule has 3 heterocycles. The van der Waals surface area contributed by atoms with Gasteiger partial charge in [-0.25, -0.2) is 9.36 Å². The van der Waals surface area contributed by atoms with Crippen LogP contribution < -0.4 is 5.56 Å². The van der Waals surface area contributed by atoms with Crippen LogP contribution in [0.4, 0.5) is 0 Å². The van der Waals surface area contributed by atoms with Crippen molar-refractivity contribution in [3.8, 4) is 16.3 Å². The summed E-state index contributed by atoms with van der Waals surface area (Å²) in [5, 5.41) is 15.4. The molecule has 0 aliphatic carbocycles. The quantitative estimate of drug-likeness (QED) is 0.362. The number of carbonyl (C=O) groups excluding carboxylic acids is 1. The molecule has 0 N–H and O–H groups in total. The van der Waals surface area contributed by atoms with Crippen LogP contribution in [-0.2, 0) is 17.9 Å². The average Bonchev–Trinajstić information content (AvgIpc) is 3.54. The summed E-state index contributed by atoms with van der Waals surface area (Å²) in [7, 11) is 1.76. The van der Waals surface area contributed by atoms with E-state index in [1.807, 2.05) is 64.8 Å². The Bertz CT molecular complexity index is 1490. The van der Waals surface area contributed by atoms with Crippen LogP contribution in [0.2, 0.25) is 0 Å². The van der Waals surface area contributed by atoms with Gasteiger partial charge in [0, 0.05) is 31.8 Å². The Morgan fingerprint density at radius 1 is 1.03 bits per heavy atom. The molecule has 0 aliphatic rings. The fourth-order valence-corrected chi connectivity index (χ4v) is 4.51. The standard InChI is InChI=1S/C25H22N6O2S/c1-29(23(32)13-14-30-25(33)20-10-5-6-11-21(20)26-28-30)16-18-17-31(19-8-3-2-4-9-19)27-24(18)22-12-7-15-34-22/h2-12,15,17H,13-14,16H2,1H3. The second-order valence-corrected chi connectivity index (χ2v) is 8.84. The molecular formula is C25H22N6O2S. The smallest absolute Gasteiger partial charge is 0.277 e.